The van der Waals surface area contributed by atoms with E-state index in [1.54, 1.807) is 13.0 Å². The van der Waals surface area contributed by atoms with E-state index in [0.717, 1.165) is 0 Å². The number of pyridine rings is 1. The Morgan fingerprint density at radius 1 is 1.25 bits per heavy atom. The number of nitrogens with one attached hydrogen (secondary N) is 2. The van der Waals surface area contributed by atoms with Crippen LogP contribution < -0.4 is 10.6 Å². The zero-order valence-electron chi connectivity index (χ0n) is 11.7. The van der Waals surface area contributed by atoms with Crippen LogP contribution in [0, 0.1) is 6.92 Å². The van der Waals surface area contributed by atoms with Crippen molar-refractivity contribution in [1.29, 1.82) is 0 Å². The van der Waals surface area contributed by atoms with E-state index in [9.17, 15) is 19.8 Å². The minimum atomic E-state index is -1.17. The van der Waals surface area contributed by atoms with Gasteiger partial charge in [0, 0.05) is 31.6 Å². The monoisotopic (exact) mass is 281 g/mol. The molecule has 0 spiro atoms. The van der Waals surface area contributed by atoms with Gasteiger partial charge < -0.3 is 20.8 Å². The average Bonchev–Trinajstić information content (AvgIpc) is 2.34. The van der Waals surface area contributed by atoms with Crippen LogP contribution >= 0.6 is 0 Å². The first kappa shape index (κ1) is 16.1. The second-order valence-electron chi connectivity index (χ2n) is 4.50. The van der Waals surface area contributed by atoms with E-state index in [4.69, 9.17) is 0 Å². The Kier molecular flexibility index (Phi) is 5.60. The molecule has 0 saturated heterocycles. The first-order valence-electron chi connectivity index (χ1n) is 6.17. The third kappa shape index (κ3) is 4.60. The van der Waals surface area contributed by atoms with Gasteiger partial charge in [0.25, 0.3) is 0 Å². The lowest BCUT2D eigenvalue weighted by Crippen LogP contribution is -2.34. The van der Waals surface area contributed by atoms with Crippen LogP contribution in [0.15, 0.2) is 12.1 Å². The molecule has 2 amide bonds. The van der Waals surface area contributed by atoms with Crippen molar-refractivity contribution in [3.05, 3.63) is 23.4 Å². The van der Waals surface area contributed by atoms with Crippen LogP contribution in [0.4, 0.5) is 5.82 Å². The summed E-state index contributed by atoms with van der Waals surface area (Å²) >= 11 is 0. The standard InChI is InChI=1S/C13H19N3O4/c1-7-10(4-5-12(15-7)16-9(3)18)13(20)11(19)6-14-8(2)17/h4-5,11,13,19-20H,6H2,1-3H3,(H,14,17)(H,15,16,18). The zero-order chi connectivity index (χ0) is 15.3. The molecule has 0 aliphatic carbocycles. The van der Waals surface area contributed by atoms with Crippen molar-refractivity contribution in [3.63, 3.8) is 0 Å². The fraction of sp³-hybridized carbons (Fsp3) is 0.462. The Labute approximate surface area is 117 Å². The highest BCUT2D eigenvalue weighted by Crippen LogP contribution is 2.21. The summed E-state index contributed by atoms with van der Waals surface area (Å²) in [7, 11) is 0. The first-order valence-corrected chi connectivity index (χ1v) is 6.17. The fourth-order valence-corrected chi connectivity index (χ4v) is 1.70. The number of hydrogen-bond acceptors (Lipinski definition) is 5. The van der Waals surface area contributed by atoms with Crippen molar-refractivity contribution in [1.82, 2.24) is 10.3 Å². The molecular weight excluding hydrogens is 262 g/mol. The highest BCUT2D eigenvalue weighted by atomic mass is 16.3. The average molecular weight is 281 g/mol. The number of carbonyl (C=O) groups is 2. The number of carbonyl (C=O) groups excluding carboxylic acids is 2. The molecular formula is C13H19N3O4. The highest BCUT2D eigenvalue weighted by molar-refractivity contribution is 5.87. The van der Waals surface area contributed by atoms with E-state index in [-0.39, 0.29) is 18.4 Å². The third-order valence-corrected chi connectivity index (χ3v) is 2.67. The maximum atomic E-state index is 10.9. The third-order valence-electron chi connectivity index (χ3n) is 2.67. The van der Waals surface area contributed by atoms with Crippen LogP contribution in [0.5, 0.6) is 0 Å². The van der Waals surface area contributed by atoms with Gasteiger partial charge in [-0.15, -0.1) is 0 Å². The molecule has 1 aromatic rings. The van der Waals surface area contributed by atoms with Crippen molar-refractivity contribution >= 4 is 17.6 Å². The quantitative estimate of drug-likeness (QED) is 0.601. The summed E-state index contributed by atoms with van der Waals surface area (Å²) in [5, 5.41) is 24.8. The topological polar surface area (TPSA) is 112 Å². The zero-order valence-corrected chi connectivity index (χ0v) is 11.7. The molecule has 110 valence electrons. The molecule has 7 heteroatoms. The van der Waals surface area contributed by atoms with E-state index >= 15 is 0 Å². The van der Waals surface area contributed by atoms with Crippen LogP contribution in [0.2, 0.25) is 0 Å². The maximum absolute atomic E-state index is 10.9. The summed E-state index contributed by atoms with van der Waals surface area (Å²) in [4.78, 5) is 25.8. The number of anilines is 1. The number of rotatable bonds is 5. The van der Waals surface area contributed by atoms with Crippen molar-refractivity contribution < 1.29 is 19.8 Å². The molecule has 4 N–H and O–H groups in total. The number of amides is 2. The van der Waals surface area contributed by atoms with Crippen LogP contribution in [0.25, 0.3) is 0 Å². The first-order chi connectivity index (χ1) is 9.31. The summed E-state index contributed by atoms with van der Waals surface area (Å²) < 4.78 is 0. The summed E-state index contributed by atoms with van der Waals surface area (Å²) in [5.41, 5.74) is 0.933. The Balaban J connectivity index is 2.80. The molecule has 0 bridgehead atoms. The lowest BCUT2D eigenvalue weighted by Gasteiger charge is -2.20. The van der Waals surface area contributed by atoms with E-state index in [1.807, 2.05) is 0 Å². The van der Waals surface area contributed by atoms with Crippen LogP contribution in [0.1, 0.15) is 31.2 Å². The second-order valence-corrected chi connectivity index (χ2v) is 4.50. The molecule has 0 aromatic carbocycles. The number of aryl methyl sites for hydroxylation is 1. The predicted octanol–water partition coefficient (Wildman–Crippen LogP) is -0.121. The van der Waals surface area contributed by atoms with Gasteiger partial charge in [0.05, 0.1) is 0 Å². The Bertz CT molecular complexity index is 504. The molecule has 0 fully saturated rings. The number of hydrogen-bond donors (Lipinski definition) is 4. The van der Waals surface area contributed by atoms with E-state index in [1.165, 1.54) is 19.9 Å². The number of aliphatic hydroxyl groups is 2. The fourth-order valence-electron chi connectivity index (χ4n) is 1.70. The minimum Gasteiger partial charge on any atom is -0.388 e. The van der Waals surface area contributed by atoms with E-state index in [2.05, 4.69) is 15.6 Å². The molecule has 1 rings (SSSR count). The molecule has 20 heavy (non-hydrogen) atoms. The highest BCUT2D eigenvalue weighted by Gasteiger charge is 2.21. The minimum absolute atomic E-state index is 0.0522. The van der Waals surface area contributed by atoms with Crippen molar-refractivity contribution in [2.24, 2.45) is 0 Å². The predicted molar refractivity (Wildman–Crippen MR) is 72.9 cm³/mol. The van der Waals surface area contributed by atoms with Gasteiger partial charge in [-0.1, -0.05) is 6.07 Å². The van der Waals surface area contributed by atoms with Gasteiger partial charge in [0.15, 0.2) is 0 Å². The molecule has 2 atom stereocenters. The summed E-state index contributed by atoms with van der Waals surface area (Å²) in [6.07, 6.45) is -2.30. The van der Waals surface area contributed by atoms with E-state index < -0.39 is 12.2 Å². The van der Waals surface area contributed by atoms with Gasteiger partial charge in [0.2, 0.25) is 11.8 Å². The lowest BCUT2D eigenvalue weighted by molar-refractivity contribution is -0.119. The molecule has 0 radical (unpaired) electrons. The van der Waals surface area contributed by atoms with Crippen molar-refractivity contribution in [2.75, 3.05) is 11.9 Å². The van der Waals surface area contributed by atoms with Gasteiger partial charge in [-0.2, -0.15) is 0 Å². The van der Waals surface area contributed by atoms with Crippen molar-refractivity contribution in [2.45, 2.75) is 33.0 Å². The van der Waals surface area contributed by atoms with Gasteiger partial charge in [-0.05, 0) is 13.0 Å². The molecule has 1 heterocycles. The van der Waals surface area contributed by atoms with Gasteiger partial charge in [0.1, 0.15) is 18.0 Å². The molecule has 0 aliphatic rings. The van der Waals surface area contributed by atoms with Gasteiger partial charge in [-0.25, -0.2) is 4.98 Å². The molecule has 0 aliphatic heterocycles. The smallest absolute Gasteiger partial charge is 0.222 e. The molecule has 0 saturated carbocycles. The largest absolute Gasteiger partial charge is 0.388 e. The Morgan fingerprint density at radius 2 is 1.90 bits per heavy atom. The lowest BCUT2D eigenvalue weighted by atomic mass is 10.0. The number of aromatic nitrogens is 1. The maximum Gasteiger partial charge on any atom is 0.222 e. The normalized spacial score (nSPS) is 13.4. The van der Waals surface area contributed by atoms with Gasteiger partial charge in [-0.3, -0.25) is 9.59 Å². The van der Waals surface area contributed by atoms with Gasteiger partial charge >= 0.3 is 0 Å². The van der Waals surface area contributed by atoms with Crippen molar-refractivity contribution in [3.8, 4) is 0 Å². The number of aliphatic hydroxyl groups excluding tert-OH is 2. The SMILES string of the molecule is CC(=O)NCC(O)C(O)c1ccc(NC(C)=O)nc1C. The Morgan fingerprint density at radius 3 is 2.40 bits per heavy atom. The van der Waals surface area contributed by atoms with Crippen LogP contribution in [-0.4, -0.2) is 39.7 Å². The van der Waals surface area contributed by atoms with Crippen LogP contribution in [0.3, 0.4) is 0 Å². The summed E-state index contributed by atoms with van der Waals surface area (Å²) in [5.74, 6) is -0.148. The molecule has 2 unspecified atom stereocenters. The summed E-state index contributed by atoms with van der Waals surface area (Å²) in [6, 6.07) is 3.12. The Hall–Kier alpha value is -1.99. The molecule has 1 aromatic heterocycles. The molecule has 7 nitrogen and oxygen atoms in total. The van der Waals surface area contributed by atoms with Crippen LogP contribution in [-0.2, 0) is 9.59 Å². The second kappa shape index (κ2) is 6.97. The van der Waals surface area contributed by atoms with E-state index in [0.29, 0.717) is 17.1 Å². The summed E-state index contributed by atoms with van der Waals surface area (Å²) in [6.45, 7) is 4.31. The number of nitrogens with zero attached hydrogens (tertiary/aromatic N) is 1.